The van der Waals surface area contributed by atoms with Gasteiger partial charge in [-0.3, -0.25) is 9.48 Å². The zero-order valence-corrected chi connectivity index (χ0v) is 11.9. The van der Waals surface area contributed by atoms with Crippen LogP contribution in [-0.4, -0.2) is 25.8 Å². The highest BCUT2D eigenvalue weighted by Crippen LogP contribution is 2.39. The number of carbonyl (C=O) groups is 1. The molecule has 1 aliphatic carbocycles. The molecular formula is C14H23N3O2. The van der Waals surface area contributed by atoms with E-state index in [9.17, 15) is 9.90 Å². The molecule has 106 valence electrons. The first-order valence-corrected chi connectivity index (χ1v) is 7.04. The van der Waals surface area contributed by atoms with Gasteiger partial charge in [0.05, 0.1) is 5.92 Å². The van der Waals surface area contributed by atoms with Crippen molar-refractivity contribution in [1.29, 1.82) is 0 Å². The van der Waals surface area contributed by atoms with Crippen molar-refractivity contribution in [1.82, 2.24) is 14.8 Å². The molecule has 1 fully saturated rings. The maximum absolute atomic E-state index is 11.4. The summed E-state index contributed by atoms with van der Waals surface area (Å²) in [5, 5.41) is 13.5. The second-order valence-electron chi connectivity index (χ2n) is 6.03. The van der Waals surface area contributed by atoms with Gasteiger partial charge in [0.25, 0.3) is 0 Å². The van der Waals surface area contributed by atoms with Crippen molar-refractivity contribution in [3.63, 3.8) is 0 Å². The van der Waals surface area contributed by atoms with E-state index >= 15 is 0 Å². The molecule has 0 bridgehead atoms. The molecule has 3 unspecified atom stereocenters. The largest absolute Gasteiger partial charge is 0.481 e. The molecule has 1 aliphatic rings. The minimum Gasteiger partial charge on any atom is -0.481 e. The van der Waals surface area contributed by atoms with E-state index in [2.05, 4.69) is 23.9 Å². The number of nitrogens with zero attached hydrogens (tertiary/aromatic N) is 3. The number of hydrogen-bond donors (Lipinski definition) is 1. The van der Waals surface area contributed by atoms with Gasteiger partial charge in [-0.15, -0.1) is 0 Å². The van der Waals surface area contributed by atoms with Crippen molar-refractivity contribution in [3.05, 3.63) is 12.2 Å². The van der Waals surface area contributed by atoms with Crippen molar-refractivity contribution in [2.75, 3.05) is 0 Å². The zero-order valence-electron chi connectivity index (χ0n) is 11.9. The third kappa shape index (κ3) is 3.14. The van der Waals surface area contributed by atoms with Crippen LogP contribution in [0.15, 0.2) is 6.33 Å². The van der Waals surface area contributed by atoms with Crippen LogP contribution in [0.5, 0.6) is 0 Å². The number of aliphatic carboxylic acids is 1. The van der Waals surface area contributed by atoms with Gasteiger partial charge in [0.1, 0.15) is 12.2 Å². The van der Waals surface area contributed by atoms with Gasteiger partial charge in [-0.25, -0.2) is 4.98 Å². The summed E-state index contributed by atoms with van der Waals surface area (Å²) < 4.78 is 1.75. The number of aromatic nitrogens is 3. The third-order valence-corrected chi connectivity index (χ3v) is 4.53. The second kappa shape index (κ2) is 5.72. The van der Waals surface area contributed by atoms with Crippen LogP contribution in [0.1, 0.15) is 38.9 Å². The lowest BCUT2D eigenvalue weighted by molar-refractivity contribution is -0.145. The van der Waals surface area contributed by atoms with E-state index in [1.54, 1.807) is 4.68 Å². The number of rotatable bonds is 4. The number of aryl methyl sites for hydroxylation is 1. The Morgan fingerprint density at radius 2 is 2.26 bits per heavy atom. The van der Waals surface area contributed by atoms with Crippen LogP contribution in [0.4, 0.5) is 0 Å². The number of carboxylic acid groups (broad SMARTS) is 1. The van der Waals surface area contributed by atoms with Crippen LogP contribution in [0.25, 0.3) is 0 Å². The lowest BCUT2D eigenvalue weighted by atomic mass is 9.69. The molecule has 2 rings (SSSR count). The summed E-state index contributed by atoms with van der Waals surface area (Å²) >= 11 is 0. The second-order valence-corrected chi connectivity index (χ2v) is 6.03. The highest BCUT2D eigenvalue weighted by molar-refractivity contribution is 5.70. The summed E-state index contributed by atoms with van der Waals surface area (Å²) in [6, 6.07) is 0. The van der Waals surface area contributed by atoms with Gasteiger partial charge in [0, 0.05) is 13.5 Å². The molecule has 1 aromatic heterocycles. The zero-order chi connectivity index (χ0) is 14.0. The molecule has 0 amide bonds. The van der Waals surface area contributed by atoms with Gasteiger partial charge in [-0.05, 0) is 37.0 Å². The molecule has 5 nitrogen and oxygen atoms in total. The number of hydrogen-bond acceptors (Lipinski definition) is 3. The Morgan fingerprint density at radius 3 is 2.79 bits per heavy atom. The predicted octanol–water partition coefficient (Wildman–Crippen LogP) is 2.13. The fraction of sp³-hybridized carbons (Fsp3) is 0.786. The Bertz CT molecular complexity index is 442. The molecule has 0 aliphatic heterocycles. The van der Waals surface area contributed by atoms with Gasteiger partial charge in [-0.1, -0.05) is 13.8 Å². The minimum absolute atomic E-state index is 0.182. The Morgan fingerprint density at radius 1 is 1.53 bits per heavy atom. The maximum atomic E-state index is 11.4. The quantitative estimate of drug-likeness (QED) is 0.905. The fourth-order valence-electron chi connectivity index (χ4n) is 3.20. The Hall–Kier alpha value is -1.39. The summed E-state index contributed by atoms with van der Waals surface area (Å²) in [6.07, 6.45) is 5.07. The van der Waals surface area contributed by atoms with Crippen molar-refractivity contribution in [2.45, 2.75) is 39.5 Å². The van der Waals surface area contributed by atoms with Crippen LogP contribution >= 0.6 is 0 Å². The lowest BCUT2D eigenvalue weighted by Gasteiger charge is -2.35. The standard InChI is InChI=1S/C14H23N3O2/c1-9(2)10-4-5-12(14(18)19)11(6-10)7-13-15-8-16-17(13)3/h8-12H,4-7H2,1-3H3,(H,18,19). The van der Waals surface area contributed by atoms with Gasteiger partial charge >= 0.3 is 5.97 Å². The average molecular weight is 265 g/mol. The van der Waals surface area contributed by atoms with Crippen LogP contribution in [-0.2, 0) is 18.3 Å². The van der Waals surface area contributed by atoms with Crippen LogP contribution in [0.2, 0.25) is 0 Å². The SMILES string of the molecule is CC(C)C1CCC(C(=O)O)C(Cc2ncnn2C)C1. The average Bonchev–Trinajstić information content (AvgIpc) is 2.74. The molecule has 19 heavy (non-hydrogen) atoms. The summed E-state index contributed by atoms with van der Waals surface area (Å²) in [7, 11) is 1.86. The van der Waals surface area contributed by atoms with Crippen molar-refractivity contribution in [3.8, 4) is 0 Å². The van der Waals surface area contributed by atoms with E-state index in [0.717, 1.165) is 31.5 Å². The molecule has 5 heteroatoms. The van der Waals surface area contributed by atoms with Gasteiger partial charge < -0.3 is 5.11 Å². The molecule has 0 saturated heterocycles. The summed E-state index contributed by atoms with van der Waals surface area (Å²) in [6.45, 7) is 4.45. The predicted molar refractivity (Wildman–Crippen MR) is 71.5 cm³/mol. The Kier molecular flexibility index (Phi) is 4.22. The van der Waals surface area contributed by atoms with E-state index in [1.165, 1.54) is 6.33 Å². The summed E-state index contributed by atoms with van der Waals surface area (Å²) in [5.74, 6) is 1.44. The maximum Gasteiger partial charge on any atom is 0.306 e. The molecule has 1 N–H and O–H groups in total. The molecule has 1 aromatic rings. The summed E-state index contributed by atoms with van der Waals surface area (Å²) in [4.78, 5) is 15.6. The topological polar surface area (TPSA) is 68.0 Å². The molecule has 1 heterocycles. The van der Waals surface area contributed by atoms with Crippen LogP contribution in [0.3, 0.4) is 0 Å². The third-order valence-electron chi connectivity index (χ3n) is 4.53. The summed E-state index contributed by atoms with van der Waals surface area (Å²) in [5.41, 5.74) is 0. The van der Waals surface area contributed by atoms with Crippen molar-refractivity contribution < 1.29 is 9.90 Å². The highest BCUT2D eigenvalue weighted by Gasteiger charge is 2.36. The first-order valence-electron chi connectivity index (χ1n) is 7.04. The smallest absolute Gasteiger partial charge is 0.306 e. The van der Waals surface area contributed by atoms with E-state index < -0.39 is 5.97 Å². The van der Waals surface area contributed by atoms with E-state index in [0.29, 0.717) is 11.8 Å². The molecular weight excluding hydrogens is 242 g/mol. The van der Waals surface area contributed by atoms with E-state index in [1.807, 2.05) is 7.05 Å². The molecule has 3 atom stereocenters. The Labute approximate surface area is 114 Å². The first kappa shape index (κ1) is 14.0. The molecule has 0 spiro atoms. The van der Waals surface area contributed by atoms with Crippen LogP contribution in [0, 0.1) is 23.7 Å². The first-order chi connectivity index (χ1) is 8.99. The van der Waals surface area contributed by atoms with Gasteiger partial charge in [0.15, 0.2) is 0 Å². The van der Waals surface area contributed by atoms with Gasteiger partial charge in [0.2, 0.25) is 0 Å². The van der Waals surface area contributed by atoms with E-state index in [4.69, 9.17) is 0 Å². The van der Waals surface area contributed by atoms with Crippen LogP contribution < -0.4 is 0 Å². The monoisotopic (exact) mass is 265 g/mol. The number of carboxylic acids is 1. The fourth-order valence-corrected chi connectivity index (χ4v) is 3.20. The molecule has 0 aromatic carbocycles. The Balaban J connectivity index is 2.11. The van der Waals surface area contributed by atoms with Crippen molar-refractivity contribution in [2.24, 2.45) is 30.7 Å². The normalized spacial score (nSPS) is 27.7. The lowest BCUT2D eigenvalue weighted by Crippen LogP contribution is -2.34. The highest BCUT2D eigenvalue weighted by atomic mass is 16.4. The van der Waals surface area contributed by atoms with Crippen molar-refractivity contribution >= 4 is 5.97 Å². The van der Waals surface area contributed by atoms with Gasteiger partial charge in [-0.2, -0.15) is 5.10 Å². The molecule has 1 saturated carbocycles. The molecule has 0 radical (unpaired) electrons. The minimum atomic E-state index is -0.658. The van der Waals surface area contributed by atoms with E-state index in [-0.39, 0.29) is 11.8 Å².